The maximum Gasteiger partial charge on any atom is 0.0550 e. The molecular weight excluding hydrogens is 198 g/mol. The van der Waals surface area contributed by atoms with Crippen LogP contribution in [0.25, 0.3) is 0 Å². The van der Waals surface area contributed by atoms with Crippen LogP contribution in [0.2, 0.25) is 0 Å². The zero-order valence-electron chi connectivity index (χ0n) is 10.2. The Morgan fingerprint density at radius 2 is 2.44 bits per heavy atom. The van der Waals surface area contributed by atoms with Gasteiger partial charge in [-0.3, -0.25) is 4.68 Å². The van der Waals surface area contributed by atoms with Crippen LogP contribution in [-0.4, -0.2) is 16.3 Å². The summed E-state index contributed by atoms with van der Waals surface area (Å²) in [5.74, 6) is 2.69. The highest BCUT2D eigenvalue weighted by atomic mass is 15.3. The van der Waals surface area contributed by atoms with E-state index in [-0.39, 0.29) is 0 Å². The van der Waals surface area contributed by atoms with Gasteiger partial charge in [0.25, 0.3) is 0 Å². The fraction of sp³-hybridized carbons (Fsp3) is 0.615. The van der Waals surface area contributed by atoms with Crippen molar-refractivity contribution in [2.45, 2.75) is 38.6 Å². The van der Waals surface area contributed by atoms with Crippen LogP contribution in [-0.2, 0) is 7.05 Å². The first-order valence-electron chi connectivity index (χ1n) is 5.94. The first kappa shape index (κ1) is 12.8. The molecule has 1 N–H and O–H groups in total. The van der Waals surface area contributed by atoms with Crippen molar-refractivity contribution < 1.29 is 0 Å². The van der Waals surface area contributed by atoms with Gasteiger partial charge >= 0.3 is 0 Å². The molecule has 0 amide bonds. The van der Waals surface area contributed by atoms with Gasteiger partial charge in [0.15, 0.2) is 0 Å². The molecule has 1 aromatic rings. The van der Waals surface area contributed by atoms with E-state index in [0.717, 1.165) is 32.2 Å². The van der Waals surface area contributed by atoms with Gasteiger partial charge in [-0.15, -0.1) is 12.3 Å². The van der Waals surface area contributed by atoms with Crippen molar-refractivity contribution >= 4 is 0 Å². The van der Waals surface area contributed by atoms with Crippen LogP contribution in [0.1, 0.15) is 44.3 Å². The van der Waals surface area contributed by atoms with Gasteiger partial charge in [0, 0.05) is 25.7 Å². The standard InChI is InChI=1S/C13H21N3/c1-4-6-7-8-12(14-10-5-2)13-9-11-15-16(13)3/h1,9,11-12,14H,5-8,10H2,2-3H3. The van der Waals surface area contributed by atoms with E-state index >= 15 is 0 Å². The molecule has 1 atom stereocenters. The number of terminal acetylenes is 1. The van der Waals surface area contributed by atoms with Gasteiger partial charge in [-0.25, -0.2) is 0 Å². The van der Waals surface area contributed by atoms with Crippen LogP contribution in [0.15, 0.2) is 12.3 Å². The molecule has 1 heterocycles. The molecule has 0 aliphatic rings. The van der Waals surface area contributed by atoms with Gasteiger partial charge in [-0.1, -0.05) is 6.92 Å². The molecule has 0 bridgehead atoms. The lowest BCUT2D eigenvalue weighted by Gasteiger charge is -2.18. The third-order valence-corrected chi connectivity index (χ3v) is 2.67. The highest BCUT2D eigenvalue weighted by Gasteiger charge is 2.13. The van der Waals surface area contributed by atoms with Gasteiger partial charge in [0.2, 0.25) is 0 Å². The van der Waals surface area contributed by atoms with Gasteiger partial charge in [-0.2, -0.15) is 5.10 Å². The molecule has 3 heteroatoms. The van der Waals surface area contributed by atoms with E-state index in [9.17, 15) is 0 Å². The SMILES string of the molecule is C#CCCCC(NCCC)c1ccnn1C. The largest absolute Gasteiger partial charge is 0.309 e. The second-order valence-corrected chi connectivity index (χ2v) is 3.98. The average molecular weight is 219 g/mol. The van der Waals surface area contributed by atoms with Crippen molar-refractivity contribution in [1.29, 1.82) is 0 Å². The van der Waals surface area contributed by atoms with Crippen LogP contribution in [0.4, 0.5) is 0 Å². The summed E-state index contributed by atoms with van der Waals surface area (Å²) in [6.45, 7) is 3.21. The van der Waals surface area contributed by atoms with Crippen molar-refractivity contribution in [2.75, 3.05) is 6.54 Å². The Labute approximate surface area is 98.2 Å². The number of rotatable bonds is 7. The summed E-state index contributed by atoms with van der Waals surface area (Å²) in [6, 6.07) is 2.45. The Kier molecular flexibility index (Phi) is 5.66. The molecule has 3 nitrogen and oxygen atoms in total. The van der Waals surface area contributed by atoms with Crippen molar-refractivity contribution in [3.63, 3.8) is 0 Å². The van der Waals surface area contributed by atoms with Crippen molar-refractivity contribution in [1.82, 2.24) is 15.1 Å². The Morgan fingerprint density at radius 1 is 1.62 bits per heavy atom. The summed E-state index contributed by atoms with van der Waals surface area (Å²) in [6.07, 6.45) is 11.2. The Bertz CT molecular complexity index is 335. The molecule has 88 valence electrons. The fourth-order valence-corrected chi connectivity index (χ4v) is 1.81. The normalized spacial score (nSPS) is 12.3. The second-order valence-electron chi connectivity index (χ2n) is 3.98. The predicted molar refractivity (Wildman–Crippen MR) is 66.9 cm³/mol. The second kappa shape index (κ2) is 7.08. The first-order valence-corrected chi connectivity index (χ1v) is 5.94. The zero-order chi connectivity index (χ0) is 11.8. The van der Waals surface area contributed by atoms with Crippen LogP contribution >= 0.6 is 0 Å². The van der Waals surface area contributed by atoms with Gasteiger partial charge in [-0.05, 0) is 31.9 Å². The van der Waals surface area contributed by atoms with E-state index in [1.54, 1.807) is 0 Å². The summed E-state index contributed by atoms with van der Waals surface area (Å²) in [5.41, 5.74) is 1.24. The van der Waals surface area contributed by atoms with Crippen molar-refractivity contribution in [3.05, 3.63) is 18.0 Å². The van der Waals surface area contributed by atoms with Crippen LogP contribution in [0.5, 0.6) is 0 Å². The number of unbranched alkanes of at least 4 members (excludes halogenated alkanes) is 1. The molecule has 1 rings (SSSR count). The lowest BCUT2D eigenvalue weighted by molar-refractivity contribution is 0.458. The minimum atomic E-state index is 0.376. The lowest BCUT2D eigenvalue weighted by atomic mass is 10.1. The van der Waals surface area contributed by atoms with E-state index in [2.05, 4.69) is 29.3 Å². The van der Waals surface area contributed by atoms with Crippen LogP contribution in [0.3, 0.4) is 0 Å². The minimum Gasteiger partial charge on any atom is -0.309 e. The third-order valence-electron chi connectivity index (χ3n) is 2.67. The van der Waals surface area contributed by atoms with Crippen molar-refractivity contribution in [3.8, 4) is 12.3 Å². The van der Waals surface area contributed by atoms with E-state index < -0.39 is 0 Å². The molecule has 0 saturated carbocycles. The van der Waals surface area contributed by atoms with Crippen LogP contribution in [0, 0.1) is 12.3 Å². The summed E-state index contributed by atoms with van der Waals surface area (Å²) in [5, 5.41) is 7.75. The molecule has 0 radical (unpaired) electrons. The summed E-state index contributed by atoms with van der Waals surface area (Å²) < 4.78 is 1.93. The molecular formula is C13H21N3. The highest BCUT2D eigenvalue weighted by Crippen LogP contribution is 2.18. The monoisotopic (exact) mass is 219 g/mol. The lowest BCUT2D eigenvalue weighted by Crippen LogP contribution is -2.24. The van der Waals surface area contributed by atoms with Crippen molar-refractivity contribution in [2.24, 2.45) is 7.05 Å². The number of hydrogen-bond donors (Lipinski definition) is 1. The van der Waals surface area contributed by atoms with E-state index in [1.165, 1.54) is 5.69 Å². The molecule has 0 saturated heterocycles. The number of hydrogen-bond acceptors (Lipinski definition) is 2. The number of aryl methyl sites for hydroxylation is 1. The number of nitrogens with one attached hydrogen (secondary N) is 1. The van der Waals surface area contributed by atoms with Gasteiger partial charge in [0.05, 0.1) is 5.69 Å². The van der Waals surface area contributed by atoms with Crippen LogP contribution < -0.4 is 5.32 Å². The zero-order valence-corrected chi connectivity index (χ0v) is 10.2. The third kappa shape index (κ3) is 3.71. The molecule has 0 fully saturated rings. The smallest absolute Gasteiger partial charge is 0.0550 e. The quantitative estimate of drug-likeness (QED) is 0.563. The molecule has 0 aromatic carbocycles. The summed E-state index contributed by atoms with van der Waals surface area (Å²) in [4.78, 5) is 0. The Morgan fingerprint density at radius 3 is 3.00 bits per heavy atom. The fourth-order valence-electron chi connectivity index (χ4n) is 1.81. The molecule has 1 unspecified atom stereocenters. The minimum absolute atomic E-state index is 0.376. The predicted octanol–water partition coefficient (Wildman–Crippen LogP) is 2.26. The van der Waals surface area contributed by atoms with Gasteiger partial charge < -0.3 is 5.32 Å². The Hall–Kier alpha value is -1.27. The molecule has 0 spiro atoms. The Balaban J connectivity index is 2.57. The molecule has 0 aliphatic carbocycles. The van der Waals surface area contributed by atoms with Gasteiger partial charge in [0.1, 0.15) is 0 Å². The number of nitrogens with zero attached hydrogens (tertiary/aromatic N) is 2. The highest BCUT2D eigenvalue weighted by molar-refractivity contribution is 5.06. The summed E-state index contributed by atoms with van der Waals surface area (Å²) >= 11 is 0. The summed E-state index contributed by atoms with van der Waals surface area (Å²) in [7, 11) is 1.98. The first-order chi connectivity index (χ1) is 7.79. The maximum absolute atomic E-state index is 5.28. The number of aromatic nitrogens is 2. The van der Waals surface area contributed by atoms with E-state index in [4.69, 9.17) is 6.42 Å². The maximum atomic E-state index is 5.28. The average Bonchev–Trinajstić information content (AvgIpc) is 2.70. The van der Waals surface area contributed by atoms with E-state index in [1.807, 2.05) is 17.9 Å². The van der Waals surface area contributed by atoms with E-state index in [0.29, 0.717) is 6.04 Å². The molecule has 1 aromatic heterocycles. The molecule has 0 aliphatic heterocycles. The topological polar surface area (TPSA) is 29.9 Å². The molecule has 16 heavy (non-hydrogen) atoms.